The van der Waals surface area contributed by atoms with Crippen LogP contribution in [0.15, 0.2) is 30.3 Å². The van der Waals surface area contributed by atoms with E-state index in [4.69, 9.17) is 0 Å². The smallest absolute Gasteiger partial charge is 0.220 e. The molecule has 0 aromatic heterocycles. The fraction of sp³-hybridized carbons (Fsp3) is 0.500. The van der Waals surface area contributed by atoms with Gasteiger partial charge in [0.1, 0.15) is 0 Å². The van der Waals surface area contributed by atoms with Crippen molar-refractivity contribution in [3.8, 4) is 0 Å². The first-order valence-electron chi connectivity index (χ1n) is 6.05. The van der Waals surface area contributed by atoms with Crippen LogP contribution in [0.25, 0.3) is 0 Å². The van der Waals surface area contributed by atoms with E-state index in [1.165, 1.54) is 5.56 Å². The van der Waals surface area contributed by atoms with Crippen LogP contribution in [0.1, 0.15) is 38.7 Å². The van der Waals surface area contributed by atoms with Gasteiger partial charge < -0.3 is 5.32 Å². The second-order valence-electron chi connectivity index (χ2n) is 4.24. The average Bonchev–Trinajstić information content (AvgIpc) is 2.28. The number of carbonyl (C=O) groups is 1. The molecule has 0 saturated heterocycles. The van der Waals surface area contributed by atoms with Crippen molar-refractivity contribution >= 4 is 5.91 Å². The van der Waals surface area contributed by atoms with E-state index in [0.717, 1.165) is 19.3 Å². The summed E-state index contributed by atoms with van der Waals surface area (Å²) in [7, 11) is 0. The third-order valence-electron chi connectivity index (χ3n) is 2.61. The Labute approximate surface area is 98.1 Å². The highest BCUT2D eigenvalue weighted by Gasteiger charge is 2.06. The summed E-state index contributed by atoms with van der Waals surface area (Å²) in [4.78, 5) is 11.6. The first-order chi connectivity index (χ1) is 7.72. The number of amides is 1. The predicted molar refractivity (Wildman–Crippen MR) is 67.3 cm³/mol. The molecule has 0 unspecified atom stereocenters. The van der Waals surface area contributed by atoms with E-state index in [-0.39, 0.29) is 5.91 Å². The topological polar surface area (TPSA) is 29.1 Å². The molecule has 16 heavy (non-hydrogen) atoms. The number of nitrogens with one attached hydrogen (secondary N) is 1. The Balaban J connectivity index is 2.25. The van der Waals surface area contributed by atoms with Crippen molar-refractivity contribution < 1.29 is 4.79 Å². The molecule has 0 spiro atoms. The van der Waals surface area contributed by atoms with Gasteiger partial charge in [-0.3, -0.25) is 4.79 Å². The predicted octanol–water partition coefficient (Wildman–Crippen LogP) is 2.92. The van der Waals surface area contributed by atoms with E-state index < -0.39 is 0 Å². The Bertz CT molecular complexity index is 308. The minimum absolute atomic E-state index is 0.157. The van der Waals surface area contributed by atoms with Gasteiger partial charge in [0.15, 0.2) is 0 Å². The number of hydrogen-bond acceptors (Lipinski definition) is 1. The lowest BCUT2D eigenvalue weighted by Gasteiger charge is -2.12. The maximum absolute atomic E-state index is 11.6. The van der Waals surface area contributed by atoms with Gasteiger partial charge in [-0.2, -0.15) is 0 Å². The molecule has 2 nitrogen and oxygen atoms in total. The molecule has 1 amide bonds. The number of benzene rings is 1. The zero-order valence-corrected chi connectivity index (χ0v) is 10.2. The summed E-state index contributed by atoms with van der Waals surface area (Å²) in [5.74, 6) is 0.157. The quantitative estimate of drug-likeness (QED) is 0.783. The first kappa shape index (κ1) is 12.8. The molecule has 1 atom stereocenters. The summed E-state index contributed by atoms with van der Waals surface area (Å²) < 4.78 is 0. The van der Waals surface area contributed by atoms with E-state index in [0.29, 0.717) is 12.5 Å². The molecule has 0 aliphatic heterocycles. The maximum atomic E-state index is 11.6. The highest BCUT2D eigenvalue weighted by atomic mass is 16.1. The van der Waals surface area contributed by atoms with Crippen molar-refractivity contribution in [1.82, 2.24) is 5.32 Å². The van der Waals surface area contributed by atoms with Crippen molar-refractivity contribution in [3.63, 3.8) is 0 Å². The molecule has 0 bridgehead atoms. The van der Waals surface area contributed by atoms with Gasteiger partial charge in [0, 0.05) is 12.5 Å². The first-order valence-corrected chi connectivity index (χ1v) is 6.05. The zero-order chi connectivity index (χ0) is 11.8. The fourth-order valence-corrected chi connectivity index (χ4v) is 1.75. The molecular weight excluding hydrogens is 198 g/mol. The van der Waals surface area contributed by atoms with Crippen LogP contribution in [0.2, 0.25) is 0 Å². The van der Waals surface area contributed by atoms with E-state index >= 15 is 0 Å². The monoisotopic (exact) mass is 219 g/mol. The molecule has 1 aromatic rings. The van der Waals surface area contributed by atoms with Crippen molar-refractivity contribution in [2.75, 3.05) is 0 Å². The molecule has 0 aliphatic rings. The number of carbonyl (C=O) groups excluding carboxylic acids is 1. The average molecular weight is 219 g/mol. The third kappa shape index (κ3) is 4.96. The molecule has 88 valence electrons. The van der Waals surface area contributed by atoms with Gasteiger partial charge >= 0.3 is 0 Å². The minimum Gasteiger partial charge on any atom is -0.354 e. The lowest BCUT2D eigenvalue weighted by Crippen LogP contribution is -2.32. The van der Waals surface area contributed by atoms with Gasteiger partial charge in [0.2, 0.25) is 5.91 Å². The van der Waals surface area contributed by atoms with E-state index in [2.05, 4.69) is 31.3 Å². The lowest BCUT2D eigenvalue weighted by atomic mass is 10.1. The fourth-order valence-electron chi connectivity index (χ4n) is 1.75. The molecular formula is C14H21NO. The summed E-state index contributed by atoms with van der Waals surface area (Å²) in [5, 5.41) is 3.01. The Morgan fingerprint density at radius 1 is 1.31 bits per heavy atom. The number of rotatable bonds is 6. The molecule has 0 radical (unpaired) electrons. The normalized spacial score (nSPS) is 12.1. The van der Waals surface area contributed by atoms with Crippen molar-refractivity contribution in [2.24, 2.45) is 0 Å². The highest BCUT2D eigenvalue weighted by Crippen LogP contribution is 2.03. The standard InChI is InChI=1S/C14H21NO/c1-3-7-12(2)15-14(16)11-10-13-8-5-4-6-9-13/h4-6,8-9,12H,3,7,10-11H2,1-2H3,(H,15,16)/t12-/m0/s1. The van der Waals surface area contributed by atoms with Crippen molar-refractivity contribution in [2.45, 2.75) is 45.6 Å². The summed E-state index contributed by atoms with van der Waals surface area (Å²) in [6.07, 6.45) is 3.57. The van der Waals surface area contributed by atoms with E-state index in [9.17, 15) is 4.79 Å². The van der Waals surface area contributed by atoms with Gasteiger partial charge in [-0.25, -0.2) is 0 Å². The number of hydrogen-bond donors (Lipinski definition) is 1. The summed E-state index contributed by atoms with van der Waals surface area (Å²) >= 11 is 0. The largest absolute Gasteiger partial charge is 0.354 e. The second-order valence-corrected chi connectivity index (χ2v) is 4.24. The van der Waals surface area contributed by atoms with Crippen LogP contribution in [-0.2, 0) is 11.2 Å². The second kappa shape index (κ2) is 7.04. The van der Waals surface area contributed by atoms with Crippen LogP contribution in [0.3, 0.4) is 0 Å². The molecule has 2 heteroatoms. The SMILES string of the molecule is CCC[C@H](C)NC(=O)CCc1ccccc1. The maximum Gasteiger partial charge on any atom is 0.220 e. The Hall–Kier alpha value is -1.31. The minimum atomic E-state index is 0.157. The van der Waals surface area contributed by atoms with Crippen LogP contribution in [-0.4, -0.2) is 11.9 Å². The van der Waals surface area contributed by atoms with E-state index in [1.54, 1.807) is 0 Å². The molecule has 0 saturated carbocycles. The van der Waals surface area contributed by atoms with Crippen LogP contribution < -0.4 is 5.32 Å². The Kier molecular flexibility index (Phi) is 5.62. The summed E-state index contributed by atoms with van der Waals surface area (Å²) in [6, 6.07) is 10.4. The van der Waals surface area contributed by atoms with Crippen LogP contribution in [0.5, 0.6) is 0 Å². The van der Waals surface area contributed by atoms with Crippen molar-refractivity contribution in [1.29, 1.82) is 0 Å². The molecule has 1 aromatic carbocycles. The van der Waals surface area contributed by atoms with Crippen LogP contribution in [0, 0.1) is 0 Å². The lowest BCUT2D eigenvalue weighted by molar-refractivity contribution is -0.121. The molecule has 0 heterocycles. The Morgan fingerprint density at radius 3 is 2.62 bits per heavy atom. The zero-order valence-electron chi connectivity index (χ0n) is 10.2. The van der Waals surface area contributed by atoms with E-state index in [1.807, 2.05) is 18.2 Å². The third-order valence-corrected chi connectivity index (χ3v) is 2.61. The van der Waals surface area contributed by atoms with Gasteiger partial charge in [-0.05, 0) is 25.3 Å². The number of aryl methyl sites for hydroxylation is 1. The van der Waals surface area contributed by atoms with Gasteiger partial charge in [-0.1, -0.05) is 43.7 Å². The summed E-state index contributed by atoms with van der Waals surface area (Å²) in [6.45, 7) is 4.19. The van der Waals surface area contributed by atoms with Crippen molar-refractivity contribution in [3.05, 3.63) is 35.9 Å². The molecule has 0 fully saturated rings. The molecule has 1 N–H and O–H groups in total. The van der Waals surface area contributed by atoms with Gasteiger partial charge in [0.25, 0.3) is 0 Å². The highest BCUT2D eigenvalue weighted by molar-refractivity contribution is 5.76. The summed E-state index contributed by atoms with van der Waals surface area (Å²) in [5.41, 5.74) is 1.22. The molecule has 1 rings (SSSR count). The Morgan fingerprint density at radius 2 is 2.00 bits per heavy atom. The molecule has 0 aliphatic carbocycles. The van der Waals surface area contributed by atoms with Crippen LogP contribution >= 0.6 is 0 Å². The van der Waals surface area contributed by atoms with Gasteiger partial charge in [-0.15, -0.1) is 0 Å². The van der Waals surface area contributed by atoms with Crippen LogP contribution in [0.4, 0.5) is 0 Å². The van der Waals surface area contributed by atoms with Gasteiger partial charge in [0.05, 0.1) is 0 Å².